The fourth-order valence-electron chi connectivity index (χ4n) is 1.29. The summed E-state index contributed by atoms with van der Waals surface area (Å²) in [6, 6.07) is 5.68. The van der Waals surface area contributed by atoms with E-state index < -0.39 is 0 Å². The number of aromatic hydroxyl groups is 1. The van der Waals surface area contributed by atoms with Crippen molar-refractivity contribution in [1.82, 2.24) is 4.90 Å². The fraction of sp³-hybridized carbons (Fsp3) is 0.455. The second kappa shape index (κ2) is 4.86. The molecule has 14 heavy (non-hydrogen) atoms. The lowest BCUT2D eigenvalue weighted by atomic mass is 10.1. The number of likely N-dealkylation sites (N-methyl/N-ethyl adjacent to an activating group) is 1. The van der Waals surface area contributed by atoms with Crippen LogP contribution in [0.15, 0.2) is 18.2 Å². The molecule has 0 fully saturated rings. The summed E-state index contributed by atoms with van der Waals surface area (Å²) >= 11 is 0. The van der Waals surface area contributed by atoms with E-state index in [1.165, 1.54) is 5.56 Å². The lowest BCUT2D eigenvalue weighted by molar-refractivity contribution is 0.413. The van der Waals surface area contributed by atoms with Gasteiger partial charge in [0.2, 0.25) is 0 Å². The van der Waals surface area contributed by atoms with Gasteiger partial charge in [-0.1, -0.05) is 6.07 Å². The van der Waals surface area contributed by atoms with Crippen LogP contribution in [0.3, 0.4) is 0 Å². The molecule has 0 aliphatic carbocycles. The Balaban J connectivity index is 2.69. The van der Waals surface area contributed by atoms with Crippen LogP contribution in [-0.4, -0.2) is 37.7 Å². The van der Waals surface area contributed by atoms with Crippen LogP contribution in [0.2, 0.25) is 0 Å². The smallest absolute Gasteiger partial charge is 0.138 e. The van der Waals surface area contributed by atoms with Crippen LogP contribution >= 0.6 is 0 Å². The first-order chi connectivity index (χ1) is 6.63. The molecule has 0 heterocycles. The molecule has 78 valence electrons. The Labute approximate surface area is 85.4 Å². The van der Waals surface area contributed by atoms with Crippen molar-refractivity contribution in [3.8, 4) is 5.75 Å². The molecule has 0 aliphatic rings. The topological polar surface area (TPSA) is 35.5 Å². The first kappa shape index (κ1) is 10.9. The van der Waals surface area contributed by atoms with Gasteiger partial charge >= 0.3 is 0 Å². The van der Waals surface area contributed by atoms with Gasteiger partial charge in [0, 0.05) is 13.6 Å². The Morgan fingerprint density at radius 3 is 2.64 bits per heavy atom. The van der Waals surface area contributed by atoms with Gasteiger partial charge in [0.15, 0.2) is 0 Å². The van der Waals surface area contributed by atoms with Crippen molar-refractivity contribution in [2.75, 3.05) is 33.0 Å². The van der Waals surface area contributed by atoms with Crippen molar-refractivity contribution in [1.29, 1.82) is 0 Å². The molecule has 0 saturated carbocycles. The van der Waals surface area contributed by atoms with Crippen molar-refractivity contribution in [2.45, 2.75) is 6.42 Å². The average Bonchev–Trinajstić information content (AvgIpc) is 2.16. The lowest BCUT2D eigenvalue weighted by Crippen LogP contribution is -2.15. The molecule has 0 radical (unpaired) electrons. The summed E-state index contributed by atoms with van der Waals surface area (Å²) in [5.41, 5.74) is 2.03. The number of nitrogens with zero attached hydrogens (tertiary/aromatic N) is 1. The van der Waals surface area contributed by atoms with Crippen LogP contribution in [0.25, 0.3) is 0 Å². The Hall–Kier alpha value is -1.22. The van der Waals surface area contributed by atoms with Gasteiger partial charge in [0.1, 0.15) is 5.75 Å². The third-order valence-corrected chi connectivity index (χ3v) is 2.18. The van der Waals surface area contributed by atoms with Crippen molar-refractivity contribution in [3.63, 3.8) is 0 Å². The number of phenolic OH excluding ortho intramolecular Hbond substituents is 1. The van der Waals surface area contributed by atoms with Crippen LogP contribution in [0.4, 0.5) is 5.69 Å². The molecule has 0 atom stereocenters. The Morgan fingerprint density at radius 2 is 2.07 bits per heavy atom. The highest BCUT2D eigenvalue weighted by Crippen LogP contribution is 2.23. The maximum Gasteiger partial charge on any atom is 0.138 e. The van der Waals surface area contributed by atoms with Gasteiger partial charge in [-0.25, -0.2) is 0 Å². The van der Waals surface area contributed by atoms with Gasteiger partial charge in [-0.05, 0) is 38.2 Å². The molecular formula is C11H18N2O. The predicted molar refractivity (Wildman–Crippen MR) is 59.9 cm³/mol. The molecule has 1 rings (SSSR count). The van der Waals surface area contributed by atoms with Gasteiger partial charge < -0.3 is 15.3 Å². The zero-order valence-corrected chi connectivity index (χ0v) is 9.04. The zero-order valence-electron chi connectivity index (χ0n) is 9.04. The molecule has 1 aromatic carbocycles. The second-order valence-electron chi connectivity index (χ2n) is 3.65. The maximum absolute atomic E-state index is 9.44. The van der Waals surface area contributed by atoms with Crippen LogP contribution in [-0.2, 0) is 6.42 Å². The molecule has 0 bridgehead atoms. The molecule has 0 spiro atoms. The number of phenols is 1. The van der Waals surface area contributed by atoms with Crippen LogP contribution in [0.1, 0.15) is 5.56 Å². The summed E-state index contributed by atoms with van der Waals surface area (Å²) in [4.78, 5) is 2.14. The third-order valence-electron chi connectivity index (χ3n) is 2.18. The van der Waals surface area contributed by atoms with Crippen LogP contribution in [0, 0.1) is 0 Å². The van der Waals surface area contributed by atoms with Gasteiger partial charge in [0.05, 0.1) is 5.69 Å². The number of hydrogen-bond acceptors (Lipinski definition) is 3. The minimum absolute atomic E-state index is 0.307. The summed E-state index contributed by atoms with van der Waals surface area (Å²) in [6.07, 6.45) is 1.00. The number of benzene rings is 1. The van der Waals surface area contributed by atoms with E-state index in [0.717, 1.165) is 18.7 Å². The van der Waals surface area contributed by atoms with E-state index in [1.54, 1.807) is 6.07 Å². The van der Waals surface area contributed by atoms with Gasteiger partial charge in [0.25, 0.3) is 0 Å². The van der Waals surface area contributed by atoms with Gasteiger partial charge in [-0.3, -0.25) is 0 Å². The predicted octanol–water partition coefficient (Wildman–Crippen LogP) is 1.54. The highest BCUT2D eigenvalue weighted by molar-refractivity contribution is 5.56. The normalized spacial score (nSPS) is 10.6. The van der Waals surface area contributed by atoms with Crippen molar-refractivity contribution in [2.24, 2.45) is 0 Å². The van der Waals surface area contributed by atoms with E-state index in [2.05, 4.69) is 24.3 Å². The average molecular weight is 194 g/mol. The summed E-state index contributed by atoms with van der Waals surface area (Å²) in [7, 11) is 5.92. The molecule has 0 unspecified atom stereocenters. The standard InChI is InChI=1S/C11H18N2O/c1-12-10-8-9(4-5-11(10)14)6-7-13(2)3/h4-5,8,12,14H,6-7H2,1-3H3. The minimum Gasteiger partial charge on any atom is -0.506 e. The second-order valence-corrected chi connectivity index (χ2v) is 3.65. The molecule has 3 heteroatoms. The zero-order chi connectivity index (χ0) is 10.6. The van der Waals surface area contributed by atoms with E-state index >= 15 is 0 Å². The third kappa shape index (κ3) is 2.92. The summed E-state index contributed by atoms with van der Waals surface area (Å²) in [5.74, 6) is 0.307. The Morgan fingerprint density at radius 1 is 1.36 bits per heavy atom. The van der Waals surface area contributed by atoms with Crippen molar-refractivity contribution < 1.29 is 5.11 Å². The number of hydrogen-bond donors (Lipinski definition) is 2. The molecule has 3 nitrogen and oxygen atoms in total. The first-order valence-corrected chi connectivity index (χ1v) is 4.78. The minimum atomic E-state index is 0.307. The van der Waals surface area contributed by atoms with Gasteiger partial charge in [-0.2, -0.15) is 0 Å². The highest BCUT2D eigenvalue weighted by Gasteiger charge is 2.00. The molecule has 2 N–H and O–H groups in total. The van der Waals surface area contributed by atoms with E-state index in [4.69, 9.17) is 0 Å². The summed E-state index contributed by atoms with van der Waals surface area (Å²) in [5, 5.41) is 12.4. The van der Waals surface area contributed by atoms with Crippen LogP contribution < -0.4 is 5.32 Å². The molecular weight excluding hydrogens is 176 g/mol. The van der Waals surface area contributed by atoms with E-state index in [-0.39, 0.29) is 0 Å². The molecule has 0 amide bonds. The first-order valence-electron chi connectivity index (χ1n) is 4.78. The van der Waals surface area contributed by atoms with E-state index in [9.17, 15) is 5.11 Å². The number of rotatable bonds is 4. The SMILES string of the molecule is CNc1cc(CCN(C)C)ccc1O. The summed E-state index contributed by atoms with van der Waals surface area (Å²) < 4.78 is 0. The molecule has 0 aliphatic heterocycles. The Kier molecular flexibility index (Phi) is 3.77. The van der Waals surface area contributed by atoms with Gasteiger partial charge in [-0.15, -0.1) is 0 Å². The Bertz CT molecular complexity index is 297. The van der Waals surface area contributed by atoms with E-state index in [0.29, 0.717) is 5.75 Å². The van der Waals surface area contributed by atoms with E-state index in [1.807, 2.05) is 19.2 Å². The largest absolute Gasteiger partial charge is 0.506 e. The summed E-state index contributed by atoms with van der Waals surface area (Å²) in [6.45, 7) is 1.02. The van der Waals surface area contributed by atoms with Crippen molar-refractivity contribution in [3.05, 3.63) is 23.8 Å². The molecule has 1 aromatic rings. The maximum atomic E-state index is 9.44. The fourth-order valence-corrected chi connectivity index (χ4v) is 1.29. The molecule has 0 aromatic heterocycles. The lowest BCUT2D eigenvalue weighted by Gasteiger charge is -2.10. The van der Waals surface area contributed by atoms with Crippen LogP contribution in [0.5, 0.6) is 5.75 Å². The monoisotopic (exact) mass is 194 g/mol. The highest BCUT2D eigenvalue weighted by atomic mass is 16.3. The number of anilines is 1. The quantitative estimate of drug-likeness (QED) is 0.714. The van der Waals surface area contributed by atoms with Crippen molar-refractivity contribution >= 4 is 5.69 Å². The number of nitrogens with one attached hydrogen (secondary N) is 1. The molecule has 0 saturated heterocycles.